The lowest BCUT2D eigenvalue weighted by atomic mass is 9.89. The third-order valence-corrected chi connectivity index (χ3v) is 3.97. The number of carbonyl (C=O) groups is 3. The van der Waals surface area contributed by atoms with Crippen LogP contribution in [0.15, 0.2) is 0 Å². The van der Waals surface area contributed by atoms with Gasteiger partial charge in [0, 0.05) is 6.54 Å². The van der Waals surface area contributed by atoms with E-state index in [0.717, 1.165) is 0 Å². The van der Waals surface area contributed by atoms with Gasteiger partial charge in [-0.05, 0) is 33.6 Å². The second-order valence-electron chi connectivity index (χ2n) is 6.58. The largest absolute Gasteiger partial charge is 0.467 e. The minimum Gasteiger partial charge on any atom is -0.467 e. The number of hydrogen-bond acceptors (Lipinski definition) is 6. The monoisotopic (exact) mass is 314 g/mol. The molecule has 2 aliphatic heterocycles. The Balaban J connectivity index is 2.20. The van der Waals surface area contributed by atoms with Crippen LogP contribution in [0.3, 0.4) is 0 Å². The van der Waals surface area contributed by atoms with Crippen LogP contribution in [0.5, 0.6) is 0 Å². The van der Waals surface area contributed by atoms with Crippen LogP contribution >= 0.6 is 0 Å². The SMILES string of the molecule is COC(=O)[C@]12CCCN1C(=O)[C@@H](NC(=O)OC(C)(C)C)[C@@H]2O. The lowest BCUT2D eigenvalue weighted by molar-refractivity contribution is -0.159. The highest BCUT2D eigenvalue weighted by molar-refractivity contribution is 5.98. The van der Waals surface area contributed by atoms with Crippen molar-refractivity contribution in [2.24, 2.45) is 0 Å². The van der Waals surface area contributed by atoms with Crippen LogP contribution in [-0.4, -0.2) is 64.9 Å². The predicted octanol–water partition coefficient (Wildman–Crippen LogP) is -0.212. The van der Waals surface area contributed by atoms with E-state index in [1.807, 2.05) is 0 Å². The third kappa shape index (κ3) is 2.51. The van der Waals surface area contributed by atoms with E-state index in [0.29, 0.717) is 19.4 Å². The molecule has 0 aromatic carbocycles. The smallest absolute Gasteiger partial charge is 0.408 e. The van der Waals surface area contributed by atoms with Crippen LogP contribution < -0.4 is 5.32 Å². The molecule has 2 rings (SSSR count). The molecule has 2 amide bonds. The zero-order valence-electron chi connectivity index (χ0n) is 13.2. The summed E-state index contributed by atoms with van der Waals surface area (Å²) < 4.78 is 9.84. The van der Waals surface area contributed by atoms with Crippen LogP contribution in [-0.2, 0) is 19.1 Å². The fourth-order valence-electron chi connectivity index (χ4n) is 3.12. The van der Waals surface area contributed by atoms with Crippen molar-refractivity contribution in [1.29, 1.82) is 0 Å². The van der Waals surface area contributed by atoms with Gasteiger partial charge in [-0.15, -0.1) is 0 Å². The molecule has 124 valence electrons. The number of hydrogen-bond donors (Lipinski definition) is 2. The summed E-state index contributed by atoms with van der Waals surface area (Å²) in [6.07, 6.45) is -1.29. The standard InChI is InChI=1S/C14H22N2O6/c1-13(2,3)22-12(20)15-8-9(17)14(11(19)21-4)6-5-7-16(14)10(8)18/h8-9,17H,5-7H2,1-4H3,(H,15,20)/t8-,9-,14+/m0/s1. The van der Waals surface area contributed by atoms with Gasteiger partial charge in [0.1, 0.15) is 17.7 Å². The molecule has 22 heavy (non-hydrogen) atoms. The average molecular weight is 314 g/mol. The molecule has 0 radical (unpaired) electrons. The van der Waals surface area contributed by atoms with Crippen molar-refractivity contribution in [2.75, 3.05) is 13.7 Å². The fourth-order valence-corrected chi connectivity index (χ4v) is 3.12. The molecule has 8 nitrogen and oxygen atoms in total. The van der Waals surface area contributed by atoms with E-state index in [-0.39, 0.29) is 0 Å². The summed E-state index contributed by atoms with van der Waals surface area (Å²) in [6.45, 7) is 5.41. The fraction of sp³-hybridized carbons (Fsp3) is 0.786. The Labute approximate surface area is 128 Å². The van der Waals surface area contributed by atoms with Gasteiger partial charge in [0.2, 0.25) is 5.91 Å². The van der Waals surface area contributed by atoms with Gasteiger partial charge in [-0.25, -0.2) is 9.59 Å². The molecule has 2 saturated heterocycles. The number of amides is 2. The molecule has 0 aromatic heterocycles. The van der Waals surface area contributed by atoms with Gasteiger partial charge in [0.25, 0.3) is 0 Å². The van der Waals surface area contributed by atoms with E-state index in [1.165, 1.54) is 12.0 Å². The maximum absolute atomic E-state index is 12.4. The number of aliphatic hydroxyl groups is 1. The van der Waals surface area contributed by atoms with Crippen molar-refractivity contribution in [3.05, 3.63) is 0 Å². The molecule has 0 saturated carbocycles. The number of esters is 1. The number of nitrogens with zero attached hydrogens (tertiary/aromatic N) is 1. The first-order valence-corrected chi connectivity index (χ1v) is 7.21. The average Bonchev–Trinajstić information content (AvgIpc) is 2.92. The zero-order chi connectivity index (χ0) is 16.7. The molecule has 2 heterocycles. The Morgan fingerprint density at radius 1 is 1.41 bits per heavy atom. The van der Waals surface area contributed by atoms with Crippen molar-refractivity contribution < 1.29 is 29.0 Å². The number of fused-ring (bicyclic) bond motifs is 1. The van der Waals surface area contributed by atoms with Crippen LogP contribution in [0.2, 0.25) is 0 Å². The van der Waals surface area contributed by atoms with E-state index in [1.54, 1.807) is 20.8 Å². The number of rotatable bonds is 2. The topological polar surface area (TPSA) is 105 Å². The highest BCUT2D eigenvalue weighted by Crippen LogP contribution is 2.41. The van der Waals surface area contributed by atoms with E-state index >= 15 is 0 Å². The second kappa shape index (κ2) is 5.42. The third-order valence-electron chi connectivity index (χ3n) is 3.97. The van der Waals surface area contributed by atoms with Crippen LogP contribution in [0.4, 0.5) is 4.79 Å². The minimum atomic E-state index is -1.41. The Kier molecular flexibility index (Phi) is 4.08. The van der Waals surface area contributed by atoms with Gasteiger partial charge in [0.05, 0.1) is 7.11 Å². The summed E-state index contributed by atoms with van der Waals surface area (Å²) in [7, 11) is 1.21. The van der Waals surface area contributed by atoms with E-state index in [4.69, 9.17) is 9.47 Å². The quantitative estimate of drug-likeness (QED) is 0.683. The lowest BCUT2D eigenvalue weighted by Crippen LogP contribution is -2.56. The second-order valence-corrected chi connectivity index (χ2v) is 6.58. The normalized spacial score (nSPS) is 31.0. The molecular formula is C14H22N2O6. The van der Waals surface area contributed by atoms with Crippen molar-refractivity contribution in [3.63, 3.8) is 0 Å². The number of ether oxygens (including phenoxy) is 2. The lowest BCUT2D eigenvalue weighted by Gasteiger charge is -2.31. The summed E-state index contributed by atoms with van der Waals surface area (Å²) in [4.78, 5) is 37.7. The summed E-state index contributed by atoms with van der Waals surface area (Å²) in [6, 6.07) is -1.21. The first-order chi connectivity index (χ1) is 10.1. The molecule has 0 aromatic rings. The van der Waals surface area contributed by atoms with Gasteiger partial charge in [-0.3, -0.25) is 4.79 Å². The summed E-state index contributed by atoms with van der Waals surface area (Å²) in [5, 5.41) is 12.9. The van der Waals surface area contributed by atoms with Gasteiger partial charge >= 0.3 is 12.1 Å². The molecule has 8 heteroatoms. The van der Waals surface area contributed by atoms with Crippen molar-refractivity contribution in [2.45, 2.75) is 56.9 Å². The Hall–Kier alpha value is -1.83. The highest BCUT2D eigenvalue weighted by atomic mass is 16.6. The molecule has 2 aliphatic rings. The van der Waals surface area contributed by atoms with E-state index < -0.39 is 41.3 Å². The molecule has 2 fully saturated rings. The number of methoxy groups -OCH3 is 1. The summed E-state index contributed by atoms with van der Waals surface area (Å²) >= 11 is 0. The van der Waals surface area contributed by atoms with E-state index in [2.05, 4.69) is 5.32 Å². The minimum absolute atomic E-state index is 0.305. The van der Waals surface area contributed by atoms with Crippen molar-refractivity contribution in [1.82, 2.24) is 10.2 Å². The number of carbonyl (C=O) groups excluding carboxylic acids is 3. The number of aliphatic hydroxyl groups excluding tert-OH is 1. The molecular weight excluding hydrogens is 292 g/mol. The van der Waals surface area contributed by atoms with Crippen LogP contribution in [0, 0.1) is 0 Å². The van der Waals surface area contributed by atoms with Gasteiger partial charge in [-0.2, -0.15) is 0 Å². The molecule has 3 atom stereocenters. The van der Waals surface area contributed by atoms with Gasteiger partial charge in [-0.1, -0.05) is 0 Å². The predicted molar refractivity (Wildman–Crippen MR) is 74.9 cm³/mol. The molecule has 0 aliphatic carbocycles. The molecule has 0 spiro atoms. The first-order valence-electron chi connectivity index (χ1n) is 7.21. The van der Waals surface area contributed by atoms with Gasteiger partial charge < -0.3 is 24.8 Å². The molecule has 0 unspecified atom stereocenters. The first kappa shape index (κ1) is 16.5. The number of alkyl carbamates (subject to hydrolysis) is 1. The van der Waals surface area contributed by atoms with Gasteiger partial charge in [0.15, 0.2) is 5.54 Å². The molecule has 0 bridgehead atoms. The Morgan fingerprint density at radius 2 is 2.05 bits per heavy atom. The van der Waals surface area contributed by atoms with Crippen molar-refractivity contribution in [3.8, 4) is 0 Å². The van der Waals surface area contributed by atoms with Crippen molar-refractivity contribution >= 4 is 18.0 Å². The maximum atomic E-state index is 12.4. The summed E-state index contributed by atoms with van der Waals surface area (Å²) in [5.41, 5.74) is -2.14. The summed E-state index contributed by atoms with van der Waals surface area (Å²) in [5.74, 6) is -1.17. The number of nitrogens with one attached hydrogen (secondary N) is 1. The Morgan fingerprint density at radius 3 is 2.59 bits per heavy atom. The highest BCUT2D eigenvalue weighted by Gasteiger charge is 2.65. The molecule has 2 N–H and O–H groups in total. The van der Waals surface area contributed by atoms with Crippen LogP contribution in [0.25, 0.3) is 0 Å². The van der Waals surface area contributed by atoms with Crippen LogP contribution in [0.1, 0.15) is 33.6 Å². The maximum Gasteiger partial charge on any atom is 0.408 e. The van der Waals surface area contributed by atoms with E-state index in [9.17, 15) is 19.5 Å². The Bertz CT molecular complexity index is 500. The zero-order valence-corrected chi connectivity index (χ0v) is 13.2.